The van der Waals surface area contributed by atoms with E-state index in [2.05, 4.69) is 15.3 Å². The molecule has 3 aromatic rings. The number of benzene rings is 2. The van der Waals surface area contributed by atoms with Crippen LogP contribution in [-0.2, 0) is 19.4 Å². The molecule has 0 amide bonds. The average Bonchev–Trinajstić information content (AvgIpc) is 3.38. The van der Waals surface area contributed by atoms with Gasteiger partial charge in [-0.1, -0.05) is 29.8 Å². The fourth-order valence-corrected chi connectivity index (χ4v) is 6.64. The predicted octanol–water partition coefficient (Wildman–Crippen LogP) is 4.59. The summed E-state index contributed by atoms with van der Waals surface area (Å²) in [5, 5.41) is 3.37. The molecule has 236 valence electrons. The second-order valence-electron chi connectivity index (χ2n) is 11.1. The molecule has 15 heteroatoms. The molecule has 0 saturated carbocycles. The minimum atomic E-state index is -4.90. The quantitative estimate of drug-likeness (QED) is 0.349. The summed E-state index contributed by atoms with van der Waals surface area (Å²) in [6, 6.07) is 10.3. The van der Waals surface area contributed by atoms with Gasteiger partial charge in [-0.25, -0.2) is 8.42 Å². The van der Waals surface area contributed by atoms with Crippen molar-refractivity contribution in [1.29, 1.82) is 0 Å². The summed E-state index contributed by atoms with van der Waals surface area (Å²) in [6.45, 7) is 1.73. The Balaban J connectivity index is 1.42. The molecule has 2 fully saturated rings. The molecule has 2 aliphatic rings. The molecule has 3 heterocycles. The molecule has 0 bridgehead atoms. The number of aromatic nitrogens is 2. The topological polar surface area (TPSA) is 137 Å². The van der Waals surface area contributed by atoms with Gasteiger partial charge in [0.2, 0.25) is 17.9 Å². The van der Waals surface area contributed by atoms with Gasteiger partial charge in [-0.2, -0.15) is 23.1 Å². The lowest BCUT2D eigenvalue weighted by atomic mass is 9.76. The molecule has 10 nitrogen and oxygen atoms in total. The van der Waals surface area contributed by atoms with Gasteiger partial charge in [0, 0.05) is 42.5 Å². The number of methoxy groups -OCH3 is 1. The SMILES string of the molecule is COC(=O)C1CC2(CCN(c3cc(O[C@H](c4ccc(Cl)cc4-c4cccc(S(C)(=O)=O)c4)C(F)(F)F)nc(N)n3)CC2)CN1. The summed E-state index contributed by atoms with van der Waals surface area (Å²) >= 11 is 6.17. The highest BCUT2D eigenvalue weighted by molar-refractivity contribution is 7.90. The van der Waals surface area contributed by atoms with Crippen molar-refractivity contribution in [2.45, 2.75) is 42.5 Å². The third-order valence-electron chi connectivity index (χ3n) is 8.11. The number of rotatable bonds is 7. The highest BCUT2D eigenvalue weighted by atomic mass is 35.5. The van der Waals surface area contributed by atoms with Crippen LogP contribution in [0.4, 0.5) is 24.9 Å². The van der Waals surface area contributed by atoms with Gasteiger partial charge >= 0.3 is 12.1 Å². The van der Waals surface area contributed by atoms with Crippen molar-refractivity contribution in [3.63, 3.8) is 0 Å². The number of piperidine rings is 1. The number of carbonyl (C=O) groups excluding carboxylic acids is 1. The summed E-state index contributed by atoms with van der Waals surface area (Å²) in [5.41, 5.74) is 5.79. The van der Waals surface area contributed by atoms with Crippen molar-refractivity contribution in [2.24, 2.45) is 5.41 Å². The molecule has 1 spiro atoms. The Kier molecular flexibility index (Phi) is 8.71. The van der Waals surface area contributed by atoms with Crippen LogP contribution in [0.1, 0.15) is 30.9 Å². The minimum Gasteiger partial charge on any atom is -0.468 e. The number of esters is 1. The molecule has 0 radical (unpaired) electrons. The van der Waals surface area contributed by atoms with E-state index in [1.807, 2.05) is 4.90 Å². The molecular weight excluding hydrogens is 623 g/mol. The Labute approximate surface area is 257 Å². The first-order valence-electron chi connectivity index (χ1n) is 13.7. The van der Waals surface area contributed by atoms with Gasteiger partial charge in [0.05, 0.1) is 12.0 Å². The van der Waals surface area contributed by atoms with E-state index in [1.54, 1.807) is 0 Å². The summed E-state index contributed by atoms with van der Waals surface area (Å²) in [6.07, 6.45) is -4.31. The third kappa shape index (κ3) is 6.87. The molecule has 3 N–H and O–H groups in total. The number of nitrogen functional groups attached to an aromatic ring is 1. The minimum absolute atomic E-state index is 0.0457. The van der Waals surface area contributed by atoms with Gasteiger partial charge in [0.1, 0.15) is 11.9 Å². The Morgan fingerprint density at radius 1 is 1.16 bits per heavy atom. The fraction of sp³-hybridized carbons (Fsp3) is 0.414. The molecular formula is C29H31ClF3N5O5S. The maximum atomic E-state index is 14.6. The summed E-state index contributed by atoms with van der Waals surface area (Å²) in [4.78, 5) is 22.0. The van der Waals surface area contributed by atoms with Crippen LogP contribution in [0.5, 0.6) is 5.88 Å². The molecule has 2 saturated heterocycles. The number of nitrogens with one attached hydrogen (secondary N) is 1. The Morgan fingerprint density at radius 3 is 2.55 bits per heavy atom. The number of hydrogen-bond acceptors (Lipinski definition) is 10. The van der Waals surface area contributed by atoms with E-state index in [-0.39, 0.29) is 55.9 Å². The summed E-state index contributed by atoms with van der Waals surface area (Å²) in [7, 11) is -2.28. The normalized spacial score (nSPS) is 19.1. The van der Waals surface area contributed by atoms with Gasteiger partial charge < -0.3 is 25.4 Å². The van der Waals surface area contributed by atoms with Crippen molar-refractivity contribution >= 4 is 39.2 Å². The van der Waals surface area contributed by atoms with E-state index in [4.69, 9.17) is 26.8 Å². The van der Waals surface area contributed by atoms with E-state index in [1.165, 1.54) is 55.6 Å². The molecule has 0 aliphatic carbocycles. The number of sulfone groups is 1. The molecule has 2 atom stereocenters. The van der Waals surface area contributed by atoms with E-state index in [9.17, 15) is 26.4 Å². The van der Waals surface area contributed by atoms with E-state index >= 15 is 0 Å². The first-order chi connectivity index (χ1) is 20.7. The monoisotopic (exact) mass is 653 g/mol. The number of nitrogens with two attached hydrogens (primary N) is 1. The predicted molar refractivity (Wildman–Crippen MR) is 158 cm³/mol. The van der Waals surface area contributed by atoms with E-state index in [0.717, 1.165) is 19.1 Å². The van der Waals surface area contributed by atoms with Crippen molar-refractivity contribution in [3.8, 4) is 17.0 Å². The summed E-state index contributed by atoms with van der Waals surface area (Å²) in [5.74, 6) is -0.630. The highest BCUT2D eigenvalue weighted by Gasteiger charge is 2.46. The molecule has 44 heavy (non-hydrogen) atoms. The Hall–Kier alpha value is -3.62. The van der Waals surface area contributed by atoms with Gasteiger partial charge in [0.25, 0.3) is 0 Å². The van der Waals surface area contributed by atoms with Crippen LogP contribution >= 0.6 is 11.6 Å². The number of ether oxygens (including phenoxy) is 2. The number of alkyl halides is 3. The number of carbonyl (C=O) groups is 1. The zero-order valence-corrected chi connectivity index (χ0v) is 25.5. The number of nitrogens with zero attached hydrogens (tertiary/aromatic N) is 3. The highest BCUT2D eigenvalue weighted by Crippen LogP contribution is 2.43. The van der Waals surface area contributed by atoms with Crippen molar-refractivity contribution in [3.05, 3.63) is 59.1 Å². The van der Waals surface area contributed by atoms with Crippen LogP contribution in [0.2, 0.25) is 5.02 Å². The van der Waals surface area contributed by atoms with Gasteiger partial charge in [-0.15, -0.1) is 0 Å². The molecule has 2 aliphatic heterocycles. The fourth-order valence-electron chi connectivity index (χ4n) is 5.80. The zero-order valence-electron chi connectivity index (χ0n) is 23.9. The molecule has 5 rings (SSSR count). The second-order valence-corrected chi connectivity index (χ2v) is 13.6. The van der Waals surface area contributed by atoms with Crippen molar-refractivity contribution in [2.75, 3.05) is 43.6 Å². The van der Waals surface area contributed by atoms with Crippen LogP contribution in [0.15, 0.2) is 53.4 Å². The number of halogens is 4. The lowest BCUT2D eigenvalue weighted by Crippen LogP contribution is -2.41. The first kappa shape index (κ1) is 31.8. The lowest BCUT2D eigenvalue weighted by molar-refractivity contribution is -0.198. The van der Waals surface area contributed by atoms with Crippen LogP contribution in [0, 0.1) is 5.41 Å². The van der Waals surface area contributed by atoms with Gasteiger partial charge in [-0.3, -0.25) is 4.79 Å². The van der Waals surface area contributed by atoms with Crippen molar-refractivity contribution in [1.82, 2.24) is 15.3 Å². The first-order valence-corrected chi connectivity index (χ1v) is 16.0. The molecule has 2 aromatic carbocycles. The third-order valence-corrected chi connectivity index (χ3v) is 9.45. The maximum Gasteiger partial charge on any atom is 0.429 e. The standard InChI is InChI=1S/C29H31ClF3N5O5S/c1-42-26(39)22-15-28(16-35-22)8-10-38(11-9-28)23-14-24(37-27(34)36-23)43-25(29(31,32)33)20-7-6-18(30)13-21(20)17-4-3-5-19(12-17)44(2,40)41/h3-7,12-14,22,25,35H,8-11,15-16H2,1-2H3,(H2,34,36,37)/t22?,25-/m1/s1. The summed E-state index contributed by atoms with van der Waals surface area (Å²) < 4.78 is 78.5. The maximum absolute atomic E-state index is 14.6. The zero-order chi connectivity index (χ0) is 31.9. The Bertz CT molecular complexity index is 1670. The van der Waals surface area contributed by atoms with E-state index < -0.39 is 22.1 Å². The van der Waals surface area contributed by atoms with Gasteiger partial charge in [0.15, 0.2) is 9.84 Å². The smallest absolute Gasteiger partial charge is 0.429 e. The van der Waals surface area contributed by atoms with Crippen LogP contribution in [-0.4, -0.2) is 69.6 Å². The largest absolute Gasteiger partial charge is 0.468 e. The van der Waals surface area contributed by atoms with Gasteiger partial charge in [-0.05, 0) is 60.1 Å². The van der Waals surface area contributed by atoms with Crippen molar-refractivity contribution < 1.29 is 35.9 Å². The molecule has 1 unspecified atom stereocenters. The second kappa shape index (κ2) is 12.1. The van der Waals surface area contributed by atoms with Crippen LogP contribution in [0.25, 0.3) is 11.1 Å². The number of hydrogen-bond donors (Lipinski definition) is 2. The molecule has 1 aromatic heterocycles. The lowest BCUT2D eigenvalue weighted by Gasteiger charge is -2.39. The van der Waals surface area contributed by atoms with Crippen LogP contribution < -0.4 is 20.7 Å². The van der Waals surface area contributed by atoms with Crippen LogP contribution in [0.3, 0.4) is 0 Å². The number of anilines is 2. The van der Waals surface area contributed by atoms with E-state index in [0.29, 0.717) is 31.9 Å². The Morgan fingerprint density at radius 2 is 1.89 bits per heavy atom. The average molecular weight is 654 g/mol.